The van der Waals surface area contributed by atoms with E-state index in [0.717, 1.165) is 0 Å². The molecule has 2 rings (SSSR count). The van der Waals surface area contributed by atoms with E-state index in [1.807, 2.05) is 12.1 Å². The molecule has 0 aliphatic heterocycles. The molecule has 0 aromatic rings. The first-order valence-corrected chi connectivity index (χ1v) is 13.0. The van der Waals surface area contributed by atoms with Crippen LogP contribution in [0.4, 0.5) is 26.3 Å². The maximum absolute atomic E-state index is 13.5. The zero-order valence-corrected chi connectivity index (χ0v) is 22.4. The Labute approximate surface area is 239 Å². The summed E-state index contributed by atoms with van der Waals surface area (Å²) in [6, 6.07) is 8.42. The Morgan fingerprint density at radius 1 is 0.738 bits per heavy atom. The molecule has 2 atom stereocenters. The fourth-order valence-corrected chi connectivity index (χ4v) is 5.11. The molecule has 2 unspecified atom stereocenters. The zero-order valence-electron chi connectivity index (χ0n) is 22.4. The van der Waals surface area contributed by atoms with Crippen LogP contribution in [0.2, 0.25) is 0 Å². The van der Waals surface area contributed by atoms with Crippen LogP contribution >= 0.6 is 0 Å². The molecule has 0 radical (unpaired) electrons. The van der Waals surface area contributed by atoms with Crippen molar-refractivity contribution in [2.24, 2.45) is 11.8 Å². The Bertz CT molecular complexity index is 1290. The van der Waals surface area contributed by atoms with E-state index in [1.54, 1.807) is 18.2 Å². The van der Waals surface area contributed by atoms with Gasteiger partial charge in [0, 0.05) is 18.7 Å². The van der Waals surface area contributed by atoms with E-state index >= 15 is 0 Å². The number of nitrogens with zero attached hydrogens (tertiary/aromatic N) is 6. The highest BCUT2D eigenvalue weighted by atomic mass is 19.4. The van der Waals surface area contributed by atoms with Gasteiger partial charge in [0.1, 0.15) is 17.7 Å². The van der Waals surface area contributed by atoms with Gasteiger partial charge < -0.3 is 5.32 Å². The highest BCUT2D eigenvalue weighted by molar-refractivity contribution is 5.57. The highest BCUT2D eigenvalue weighted by Crippen LogP contribution is 2.45. The van der Waals surface area contributed by atoms with Crippen LogP contribution in [0.15, 0.2) is 44.8 Å². The standard InChI is InChI=1S/C29H25F6N7/c1-41-27(17-40)23-11-21(29(33,34)35)12-26(25(23)16-39)42-8-6-4-2-3-5-7-18-9-20(28(30,31)32)10-22(24(18)15-38)19(13-36)14-37/h20-21,42H,2-12H2/b27-23+. The molecule has 0 aromatic carbocycles. The molecule has 0 saturated carbocycles. The quantitative estimate of drug-likeness (QED) is 0.129. The first-order chi connectivity index (χ1) is 19.9. The van der Waals surface area contributed by atoms with Crippen LogP contribution in [0, 0.1) is 75.1 Å². The third-order valence-electron chi connectivity index (χ3n) is 7.28. The normalized spacial score (nSPS) is 20.3. The van der Waals surface area contributed by atoms with E-state index in [2.05, 4.69) is 10.2 Å². The van der Waals surface area contributed by atoms with E-state index < -0.39 is 54.7 Å². The molecule has 2 aliphatic rings. The SMILES string of the molecule is [C-]#[N+]/C(C#N)=C1\CC(C(F)(F)F)CC(NCCCCCCCC2=C(C#N)C(=C(C#N)C#N)CC(C(F)(F)F)C2)=C1C#N. The maximum Gasteiger partial charge on any atom is 0.392 e. The molecule has 0 spiro atoms. The molecule has 0 saturated heterocycles. The van der Waals surface area contributed by atoms with Gasteiger partial charge in [-0.1, -0.05) is 24.8 Å². The van der Waals surface area contributed by atoms with Gasteiger partial charge in [0.15, 0.2) is 0 Å². The summed E-state index contributed by atoms with van der Waals surface area (Å²) in [4.78, 5) is 2.98. The second-order valence-corrected chi connectivity index (χ2v) is 9.92. The average Bonchev–Trinajstić information content (AvgIpc) is 2.94. The van der Waals surface area contributed by atoms with Crippen LogP contribution in [0.1, 0.15) is 64.2 Å². The molecule has 0 bridgehead atoms. The average molecular weight is 586 g/mol. The maximum atomic E-state index is 13.5. The van der Waals surface area contributed by atoms with Crippen molar-refractivity contribution in [2.45, 2.75) is 76.6 Å². The third-order valence-corrected chi connectivity index (χ3v) is 7.28. The van der Waals surface area contributed by atoms with Crippen molar-refractivity contribution in [1.82, 2.24) is 5.32 Å². The number of halogens is 6. The van der Waals surface area contributed by atoms with Crippen molar-refractivity contribution >= 4 is 0 Å². The number of unbranched alkanes of at least 4 members (excludes halogenated alkanes) is 4. The number of nitriles is 5. The Hall–Kier alpha value is -4.72. The first-order valence-electron chi connectivity index (χ1n) is 13.0. The second-order valence-electron chi connectivity index (χ2n) is 9.92. The van der Waals surface area contributed by atoms with E-state index in [1.165, 1.54) is 0 Å². The van der Waals surface area contributed by atoms with Crippen molar-refractivity contribution in [3.8, 4) is 30.3 Å². The van der Waals surface area contributed by atoms with Crippen LogP contribution in [-0.4, -0.2) is 18.9 Å². The molecule has 2 aliphatic carbocycles. The van der Waals surface area contributed by atoms with Crippen molar-refractivity contribution in [1.29, 1.82) is 26.3 Å². The molecule has 42 heavy (non-hydrogen) atoms. The number of hydrogen-bond donors (Lipinski definition) is 1. The fourth-order valence-electron chi connectivity index (χ4n) is 5.11. The van der Waals surface area contributed by atoms with Crippen LogP contribution in [0.3, 0.4) is 0 Å². The Kier molecular flexibility index (Phi) is 11.8. The summed E-state index contributed by atoms with van der Waals surface area (Å²) in [5.41, 5.74) is -1.31. The molecule has 1 N–H and O–H groups in total. The molecule has 7 nitrogen and oxygen atoms in total. The van der Waals surface area contributed by atoms with Crippen LogP contribution in [0.25, 0.3) is 4.85 Å². The minimum atomic E-state index is -4.58. The predicted octanol–water partition coefficient (Wildman–Crippen LogP) is 7.50. The zero-order chi connectivity index (χ0) is 31.5. The topological polar surface area (TPSA) is 135 Å². The number of nitrogens with one attached hydrogen (secondary N) is 1. The molecular weight excluding hydrogens is 560 g/mol. The van der Waals surface area contributed by atoms with Crippen molar-refractivity contribution in [2.75, 3.05) is 6.54 Å². The smallest absolute Gasteiger partial charge is 0.387 e. The molecular formula is C29H25F6N7. The van der Waals surface area contributed by atoms with Crippen LogP contribution in [-0.2, 0) is 0 Å². The van der Waals surface area contributed by atoms with Crippen molar-refractivity contribution in [3.63, 3.8) is 0 Å². The van der Waals surface area contributed by atoms with Gasteiger partial charge in [-0.3, -0.25) is 0 Å². The molecule has 0 fully saturated rings. The van der Waals surface area contributed by atoms with Gasteiger partial charge in [-0.05, 0) is 49.7 Å². The molecule has 0 aromatic heterocycles. The molecule has 0 heterocycles. The fraction of sp³-hybridized carbons (Fsp3) is 0.517. The van der Waals surface area contributed by atoms with E-state index in [9.17, 15) is 36.9 Å². The summed E-state index contributed by atoms with van der Waals surface area (Å²) in [7, 11) is 0. The molecule has 13 heteroatoms. The lowest BCUT2D eigenvalue weighted by Crippen LogP contribution is -2.32. The minimum absolute atomic E-state index is 0.0305. The van der Waals surface area contributed by atoms with Crippen LogP contribution in [0.5, 0.6) is 0 Å². The largest absolute Gasteiger partial charge is 0.392 e. The van der Waals surface area contributed by atoms with Gasteiger partial charge in [0.25, 0.3) is 5.70 Å². The van der Waals surface area contributed by atoms with Gasteiger partial charge in [0.05, 0.1) is 47.8 Å². The summed E-state index contributed by atoms with van der Waals surface area (Å²) >= 11 is 0. The minimum Gasteiger partial charge on any atom is -0.387 e. The molecule has 0 amide bonds. The van der Waals surface area contributed by atoms with Crippen molar-refractivity contribution in [3.05, 3.63) is 56.2 Å². The summed E-state index contributed by atoms with van der Waals surface area (Å²) < 4.78 is 81.0. The monoisotopic (exact) mass is 585 g/mol. The number of rotatable bonds is 9. The van der Waals surface area contributed by atoms with Gasteiger partial charge in [0.2, 0.25) is 0 Å². The summed E-state index contributed by atoms with van der Waals surface area (Å²) in [5.74, 6) is -3.63. The molecule has 218 valence electrons. The predicted molar refractivity (Wildman–Crippen MR) is 136 cm³/mol. The van der Waals surface area contributed by atoms with E-state index in [0.29, 0.717) is 32.1 Å². The van der Waals surface area contributed by atoms with Gasteiger partial charge >= 0.3 is 12.4 Å². The lowest BCUT2D eigenvalue weighted by atomic mass is 9.77. The van der Waals surface area contributed by atoms with Crippen LogP contribution < -0.4 is 5.32 Å². The van der Waals surface area contributed by atoms with Gasteiger partial charge in [-0.25, -0.2) is 10.1 Å². The lowest BCUT2D eigenvalue weighted by molar-refractivity contribution is -0.175. The second kappa shape index (κ2) is 14.8. The summed E-state index contributed by atoms with van der Waals surface area (Å²) in [5, 5.41) is 49.5. The van der Waals surface area contributed by atoms with Crippen molar-refractivity contribution < 1.29 is 26.3 Å². The van der Waals surface area contributed by atoms with Gasteiger partial charge in [-0.2, -0.15) is 47.4 Å². The van der Waals surface area contributed by atoms with Gasteiger partial charge in [-0.15, -0.1) is 0 Å². The Balaban J connectivity index is 2.00. The highest BCUT2D eigenvalue weighted by Gasteiger charge is 2.45. The number of allylic oxidation sites excluding steroid dienone is 8. The van der Waals surface area contributed by atoms with E-state index in [4.69, 9.17) is 22.4 Å². The Morgan fingerprint density at radius 3 is 1.81 bits per heavy atom. The summed E-state index contributed by atoms with van der Waals surface area (Å²) in [6.07, 6.45) is -8.20. The number of hydrogen-bond acceptors (Lipinski definition) is 6. The Morgan fingerprint density at radius 2 is 1.29 bits per heavy atom. The summed E-state index contributed by atoms with van der Waals surface area (Å²) in [6.45, 7) is 7.31. The lowest BCUT2D eigenvalue weighted by Gasteiger charge is -2.29. The first kappa shape index (κ1) is 33.5. The van der Waals surface area contributed by atoms with E-state index in [-0.39, 0.29) is 52.9 Å². The number of alkyl halides is 6. The third kappa shape index (κ3) is 8.39.